The Morgan fingerprint density at radius 2 is 2.12 bits per heavy atom. The van der Waals surface area contributed by atoms with Gasteiger partial charge in [-0.15, -0.1) is 0 Å². The van der Waals surface area contributed by atoms with E-state index in [0.29, 0.717) is 0 Å². The van der Waals surface area contributed by atoms with Gasteiger partial charge in [0.2, 0.25) is 0 Å². The molecule has 1 fully saturated rings. The van der Waals surface area contributed by atoms with Crippen molar-refractivity contribution in [3.63, 3.8) is 0 Å². The van der Waals surface area contributed by atoms with Gasteiger partial charge in [-0.05, 0) is 64.0 Å². The van der Waals surface area contributed by atoms with Gasteiger partial charge in [-0.3, -0.25) is 4.98 Å². The second kappa shape index (κ2) is 6.72. The van der Waals surface area contributed by atoms with Gasteiger partial charge >= 0.3 is 0 Å². The van der Waals surface area contributed by atoms with E-state index in [2.05, 4.69) is 27.3 Å². The minimum atomic E-state index is 0.938. The Kier molecular flexibility index (Phi) is 4.95. The Morgan fingerprint density at radius 1 is 1.29 bits per heavy atom. The molecule has 0 saturated carbocycles. The Morgan fingerprint density at radius 3 is 2.82 bits per heavy atom. The van der Waals surface area contributed by atoms with E-state index in [-0.39, 0.29) is 0 Å². The quantitative estimate of drug-likeness (QED) is 0.761. The van der Waals surface area contributed by atoms with Crippen molar-refractivity contribution in [2.45, 2.75) is 32.7 Å². The van der Waals surface area contributed by atoms with Crippen LogP contribution in [0, 0.1) is 6.92 Å². The standard InChI is InChI=1S/C14H23N3/c1-13-5-6-14(12-16-13)11-15-7-4-10-17-8-2-3-9-17/h5-6,12,15H,2-4,7-11H2,1H3. The minimum Gasteiger partial charge on any atom is -0.313 e. The summed E-state index contributed by atoms with van der Waals surface area (Å²) in [7, 11) is 0. The summed E-state index contributed by atoms with van der Waals surface area (Å²) in [6.07, 6.45) is 5.99. The van der Waals surface area contributed by atoms with Crippen molar-refractivity contribution in [3.8, 4) is 0 Å². The van der Waals surface area contributed by atoms with Gasteiger partial charge in [-0.25, -0.2) is 0 Å². The van der Waals surface area contributed by atoms with Crippen LogP contribution in [0.3, 0.4) is 0 Å². The first kappa shape index (κ1) is 12.5. The Balaban J connectivity index is 1.55. The number of hydrogen-bond donors (Lipinski definition) is 1. The van der Waals surface area contributed by atoms with E-state index in [1.807, 2.05) is 13.1 Å². The summed E-state index contributed by atoms with van der Waals surface area (Å²) in [5.74, 6) is 0. The van der Waals surface area contributed by atoms with Crippen molar-refractivity contribution in [1.82, 2.24) is 15.2 Å². The van der Waals surface area contributed by atoms with Crippen LogP contribution in [0.15, 0.2) is 18.3 Å². The Bertz CT molecular complexity index is 315. The molecule has 1 aliphatic heterocycles. The molecule has 0 amide bonds. The number of hydrogen-bond acceptors (Lipinski definition) is 3. The molecule has 1 aromatic rings. The number of aryl methyl sites for hydroxylation is 1. The van der Waals surface area contributed by atoms with Crippen LogP contribution >= 0.6 is 0 Å². The highest BCUT2D eigenvalue weighted by Gasteiger charge is 2.09. The lowest BCUT2D eigenvalue weighted by Crippen LogP contribution is -2.24. The molecule has 2 rings (SSSR count). The lowest BCUT2D eigenvalue weighted by Gasteiger charge is -2.14. The van der Waals surface area contributed by atoms with Gasteiger partial charge in [0, 0.05) is 18.4 Å². The van der Waals surface area contributed by atoms with Crippen LogP contribution in [-0.4, -0.2) is 36.1 Å². The average Bonchev–Trinajstić information content (AvgIpc) is 2.84. The van der Waals surface area contributed by atoms with E-state index >= 15 is 0 Å². The lowest BCUT2D eigenvalue weighted by molar-refractivity contribution is 0.331. The summed E-state index contributed by atoms with van der Waals surface area (Å²) >= 11 is 0. The van der Waals surface area contributed by atoms with Gasteiger partial charge < -0.3 is 10.2 Å². The third-order valence-corrected chi connectivity index (χ3v) is 3.33. The first-order valence-electron chi connectivity index (χ1n) is 6.69. The molecule has 0 unspecified atom stereocenters. The molecular weight excluding hydrogens is 210 g/mol. The van der Waals surface area contributed by atoms with E-state index < -0.39 is 0 Å². The second-order valence-electron chi connectivity index (χ2n) is 4.89. The number of rotatable bonds is 6. The van der Waals surface area contributed by atoms with Gasteiger partial charge in [-0.1, -0.05) is 6.07 Å². The van der Waals surface area contributed by atoms with Crippen LogP contribution < -0.4 is 5.32 Å². The first-order chi connectivity index (χ1) is 8.34. The molecule has 2 heterocycles. The number of pyridine rings is 1. The van der Waals surface area contributed by atoms with Gasteiger partial charge in [0.05, 0.1) is 0 Å². The zero-order valence-electron chi connectivity index (χ0n) is 10.8. The maximum absolute atomic E-state index is 4.29. The van der Waals surface area contributed by atoms with E-state index in [4.69, 9.17) is 0 Å². The van der Waals surface area contributed by atoms with Gasteiger partial charge in [0.1, 0.15) is 0 Å². The van der Waals surface area contributed by atoms with E-state index in [1.54, 1.807) is 0 Å². The van der Waals surface area contributed by atoms with E-state index in [0.717, 1.165) is 18.8 Å². The monoisotopic (exact) mass is 233 g/mol. The summed E-state index contributed by atoms with van der Waals surface area (Å²) in [6, 6.07) is 4.22. The molecule has 3 nitrogen and oxygen atoms in total. The molecule has 94 valence electrons. The highest BCUT2D eigenvalue weighted by Crippen LogP contribution is 2.07. The molecule has 1 N–H and O–H groups in total. The fourth-order valence-corrected chi connectivity index (χ4v) is 2.27. The summed E-state index contributed by atoms with van der Waals surface area (Å²) in [4.78, 5) is 6.86. The van der Waals surface area contributed by atoms with Crippen molar-refractivity contribution >= 4 is 0 Å². The molecule has 0 radical (unpaired) electrons. The largest absolute Gasteiger partial charge is 0.313 e. The Labute approximate surface area is 104 Å². The third kappa shape index (κ3) is 4.44. The predicted molar refractivity (Wildman–Crippen MR) is 71.0 cm³/mol. The van der Waals surface area contributed by atoms with Crippen molar-refractivity contribution in [2.24, 2.45) is 0 Å². The highest BCUT2D eigenvalue weighted by atomic mass is 15.1. The zero-order chi connectivity index (χ0) is 11.9. The highest BCUT2D eigenvalue weighted by molar-refractivity contribution is 5.12. The topological polar surface area (TPSA) is 28.2 Å². The maximum atomic E-state index is 4.29. The molecule has 17 heavy (non-hydrogen) atoms. The van der Waals surface area contributed by atoms with Crippen LogP contribution in [0.4, 0.5) is 0 Å². The molecule has 0 aliphatic carbocycles. The number of likely N-dealkylation sites (tertiary alicyclic amines) is 1. The lowest BCUT2D eigenvalue weighted by atomic mass is 10.2. The molecule has 0 aromatic carbocycles. The number of nitrogens with zero attached hydrogens (tertiary/aromatic N) is 2. The number of aromatic nitrogens is 1. The molecule has 1 saturated heterocycles. The normalized spacial score (nSPS) is 16.5. The summed E-state index contributed by atoms with van der Waals surface area (Å²) < 4.78 is 0. The molecule has 0 bridgehead atoms. The van der Waals surface area contributed by atoms with Gasteiger partial charge in [0.15, 0.2) is 0 Å². The molecule has 0 atom stereocenters. The Hall–Kier alpha value is -0.930. The summed E-state index contributed by atoms with van der Waals surface area (Å²) in [5.41, 5.74) is 2.36. The van der Waals surface area contributed by atoms with Crippen molar-refractivity contribution < 1.29 is 0 Å². The zero-order valence-corrected chi connectivity index (χ0v) is 10.8. The van der Waals surface area contributed by atoms with Crippen LogP contribution in [-0.2, 0) is 6.54 Å². The maximum Gasteiger partial charge on any atom is 0.0372 e. The number of nitrogens with one attached hydrogen (secondary N) is 1. The third-order valence-electron chi connectivity index (χ3n) is 3.33. The minimum absolute atomic E-state index is 0.938. The molecule has 0 spiro atoms. The second-order valence-corrected chi connectivity index (χ2v) is 4.89. The van der Waals surface area contributed by atoms with Crippen molar-refractivity contribution in [2.75, 3.05) is 26.2 Å². The average molecular weight is 233 g/mol. The van der Waals surface area contributed by atoms with Gasteiger partial charge in [0.25, 0.3) is 0 Å². The van der Waals surface area contributed by atoms with Crippen molar-refractivity contribution in [3.05, 3.63) is 29.6 Å². The molecular formula is C14H23N3. The fourth-order valence-electron chi connectivity index (χ4n) is 2.27. The van der Waals surface area contributed by atoms with Crippen molar-refractivity contribution in [1.29, 1.82) is 0 Å². The first-order valence-corrected chi connectivity index (χ1v) is 6.69. The van der Waals surface area contributed by atoms with E-state index in [1.165, 1.54) is 44.5 Å². The summed E-state index contributed by atoms with van der Waals surface area (Å²) in [6.45, 7) is 7.92. The van der Waals surface area contributed by atoms with Gasteiger partial charge in [-0.2, -0.15) is 0 Å². The van der Waals surface area contributed by atoms with Crippen LogP contribution in [0.25, 0.3) is 0 Å². The fraction of sp³-hybridized carbons (Fsp3) is 0.643. The predicted octanol–water partition coefficient (Wildman–Crippen LogP) is 1.97. The molecule has 3 heteroatoms. The molecule has 1 aliphatic rings. The summed E-state index contributed by atoms with van der Waals surface area (Å²) in [5, 5.41) is 3.48. The van der Waals surface area contributed by atoms with Crippen LogP contribution in [0.1, 0.15) is 30.5 Å². The van der Waals surface area contributed by atoms with Crippen LogP contribution in [0.2, 0.25) is 0 Å². The van der Waals surface area contributed by atoms with E-state index in [9.17, 15) is 0 Å². The smallest absolute Gasteiger partial charge is 0.0372 e. The van der Waals surface area contributed by atoms with Crippen LogP contribution in [0.5, 0.6) is 0 Å². The molecule has 1 aromatic heterocycles. The SMILES string of the molecule is Cc1ccc(CNCCCN2CCCC2)cn1.